The molecule has 2 aromatic heterocycles. The fourth-order valence-electron chi connectivity index (χ4n) is 8.02. The fourth-order valence-corrected chi connectivity index (χ4v) is 8.02. The van der Waals surface area contributed by atoms with Gasteiger partial charge in [-0.1, -0.05) is 42.5 Å². The highest BCUT2D eigenvalue weighted by atomic mass is 16.7. The van der Waals surface area contributed by atoms with E-state index in [1.807, 2.05) is 30.3 Å². The number of amides is 2. The average molecular weight is 847 g/mol. The molecular formula is C45H42N4O13. The second-order valence-corrected chi connectivity index (χ2v) is 15.1. The Morgan fingerprint density at radius 2 is 1.37 bits per heavy atom. The number of aliphatic hydroxyl groups is 1. The van der Waals surface area contributed by atoms with Crippen LogP contribution in [0.4, 0.5) is 11.4 Å². The smallest absolute Gasteiger partial charge is 0.303 e. The maximum absolute atomic E-state index is 14.5. The number of aromatic nitrogens is 2. The zero-order valence-corrected chi connectivity index (χ0v) is 34.0. The molecule has 2 amide bonds. The largest absolute Gasteiger partial charge is 0.463 e. The lowest BCUT2D eigenvalue weighted by molar-refractivity contribution is -0.288. The van der Waals surface area contributed by atoms with Crippen LogP contribution < -0.4 is 15.0 Å². The van der Waals surface area contributed by atoms with Crippen LogP contribution in [0.5, 0.6) is 5.75 Å². The molecule has 4 heterocycles. The van der Waals surface area contributed by atoms with Crippen molar-refractivity contribution in [2.24, 2.45) is 0 Å². The third kappa shape index (κ3) is 8.53. The lowest BCUT2D eigenvalue weighted by Crippen LogP contribution is -2.63. The number of nitrogens with one attached hydrogen (secondary N) is 3. The number of nitrogens with zero attached hydrogens (tertiary/aromatic N) is 1. The van der Waals surface area contributed by atoms with Gasteiger partial charge in [-0.05, 0) is 47.3 Å². The number of fused-ring (bicyclic) bond motifs is 5. The Kier molecular flexibility index (Phi) is 11.4. The summed E-state index contributed by atoms with van der Waals surface area (Å²) in [6, 6.07) is 24.9. The van der Waals surface area contributed by atoms with Crippen molar-refractivity contribution in [3.63, 3.8) is 0 Å². The minimum atomic E-state index is -1.55. The Morgan fingerprint density at radius 1 is 0.726 bits per heavy atom. The molecule has 0 spiro atoms. The summed E-state index contributed by atoms with van der Waals surface area (Å²) in [6.07, 6.45) is -7.91. The summed E-state index contributed by atoms with van der Waals surface area (Å²) >= 11 is 0. The van der Waals surface area contributed by atoms with Gasteiger partial charge in [-0.2, -0.15) is 0 Å². The maximum Gasteiger partial charge on any atom is 0.303 e. The number of esters is 4. The molecule has 4 aromatic carbocycles. The number of β-amino-alcohol motifs (C(OH)–C–C–N with tert-alkyl or cyclic N) is 1. The molecule has 2 aliphatic rings. The predicted molar refractivity (Wildman–Crippen MR) is 222 cm³/mol. The van der Waals surface area contributed by atoms with E-state index in [0.717, 1.165) is 31.7 Å². The predicted octanol–water partition coefficient (Wildman–Crippen LogP) is 5.08. The van der Waals surface area contributed by atoms with Crippen molar-refractivity contribution in [3.05, 3.63) is 102 Å². The minimum Gasteiger partial charge on any atom is -0.463 e. The molecular weight excluding hydrogens is 805 g/mol. The van der Waals surface area contributed by atoms with Gasteiger partial charge in [-0.3, -0.25) is 28.8 Å². The summed E-state index contributed by atoms with van der Waals surface area (Å²) in [5, 5.41) is 16.8. The summed E-state index contributed by atoms with van der Waals surface area (Å²) in [7, 11) is 0. The number of anilines is 2. The van der Waals surface area contributed by atoms with Crippen LogP contribution in [0.1, 0.15) is 54.2 Å². The number of ether oxygens (including phenoxy) is 6. The maximum atomic E-state index is 14.5. The van der Waals surface area contributed by atoms with Gasteiger partial charge in [0, 0.05) is 73.1 Å². The molecule has 0 saturated carbocycles. The van der Waals surface area contributed by atoms with Crippen LogP contribution in [-0.4, -0.2) is 101 Å². The normalized spacial score (nSPS) is 20.9. The highest BCUT2D eigenvalue weighted by molar-refractivity contribution is 6.11. The van der Waals surface area contributed by atoms with Crippen molar-refractivity contribution in [2.75, 3.05) is 23.4 Å². The molecule has 0 bridgehead atoms. The van der Waals surface area contributed by atoms with E-state index in [9.17, 15) is 33.9 Å². The van der Waals surface area contributed by atoms with Crippen molar-refractivity contribution < 1.29 is 62.3 Å². The Balaban J connectivity index is 1.13. The molecule has 17 heteroatoms. The van der Waals surface area contributed by atoms with E-state index in [1.165, 1.54) is 11.8 Å². The Hall–Kier alpha value is -7.24. The number of aliphatic hydroxyl groups excluding tert-OH is 1. The van der Waals surface area contributed by atoms with Crippen molar-refractivity contribution in [3.8, 4) is 5.75 Å². The molecule has 6 aromatic rings. The van der Waals surface area contributed by atoms with Crippen molar-refractivity contribution in [1.29, 1.82) is 0 Å². The quantitative estimate of drug-likeness (QED) is 0.104. The first kappa shape index (κ1) is 41.5. The minimum absolute atomic E-state index is 0.0795. The van der Waals surface area contributed by atoms with Crippen LogP contribution in [-0.2, 0) is 49.3 Å². The number of carbonyl (C=O) groups is 6. The third-order valence-corrected chi connectivity index (χ3v) is 10.5. The van der Waals surface area contributed by atoms with Gasteiger partial charge in [0.25, 0.3) is 11.8 Å². The Bertz CT molecular complexity index is 2730. The van der Waals surface area contributed by atoms with Crippen molar-refractivity contribution >= 4 is 79.6 Å². The number of hydrogen-bond donors (Lipinski definition) is 4. The average Bonchev–Trinajstić information content (AvgIpc) is 3.86. The van der Waals surface area contributed by atoms with Crippen LogP contribution >= 0.6 is 0 Å². The van der Waals surface area contributed by atoms with Gasteiger partial charge in [-0.15, -0.1) is 0 Å². The first-order chi connectivity index (χ1) is 29.7. The van der Waals surface area contributed by atoms with Gasteiger partial charge >= 0.3 is 23.9 Å². The topological polar surface area (TPSA) is 225 Å². The van der Waals surface area contributed by atoms with E-state index in [2.05, 4.69) is 15.3 Å². The molecule has 17 nitrogen and oxygen atoms in total. The van der Waals surface area contributed by atoms with Gasteiger partial charge in [0.05, 0.1) is 18.3 Å². The second kappa shape index (κ2) is 17.0. The lowest BCUT2D eigenvalue weighted by atomic mass is 9.92. The van der Waals surface area contributed by atoms with E-state index in [4.69, 9.17) is 28.4 Å². The molecule has 0 radical (unpaired) electrons. The third-order valence-electron chi connectivity index (χ3n) is 10.5. The first-order valence-corrected chi connectivity index (χ1v) is 19.8. The van der Waals surface area contributed by atoms with Crippen LogP contribution in [0.15, 0.2) is 84.9 Å². The molecule has 1 saturated heterocycles. The molecule has 4 N–H and O–H groups in total. The summed E-state index contributed by atoms with van der Waals surface area (Å²) < 4.78 is 34.7. The highest BCUT2D eigenvalue weighted by Gasteiger charge is 2.53. The molecule has 3 unspecified atom stereocenters. The fraction of sp³-hybridized carbons (Fsp3) is 0.289. The number of aromatic amines is 2. The van der Waals surface area contributed by atoms with E-state index in [0.29, 0.717) is 44.3 Å². The molecule has 2 aliphatic heterocycles. The SMILES string of the molecule is CC(=O)OCC1O[C@@H](Oc2cc3c(c4ccccc24)CC(O)CN3C(=O)c2cc3cc(NC(=O)c4cc5ccccc5[nH]4)ccc3[nH]2)C(OC(C)=O)[C@@H](OC(C)=O)[C@H]1OC(C)=O. The van der Waals surface area contributed by atoms with Crippen LogP contribution in [0.3, 0.4) is 0 Å². The van der Waals surface area contributed by atoms with Gasteiger partial charge < -0.3 is 53.7 Å². The lowest BCUT2D eigenvalue weighted by Gasteiger charge is -2.44. The van der Waals surface area contributed by atoms with Crippen LogP contribution in [0.25, 0.3) is 32.6 Å². The number of rotatable bonds is 10. The van der Waals surface area contributed by atoms with Crippen LogP contribution in [0.2, 0.25) is 0 Å². The summed E-state index contributed by atoms with van der Waals surface area (Å²) in [6.45, 7) is 4.01. The van der Waals surface area contributed by atoms with E-state index >= 15 is 0 Å². The molecule has 1 fully saturated rings. The van der Waals surface area contributed by atoms with E-state index in [-0.39, 0.29) is 30.3 Å². The monoisotopic (exact) mass is 846 g/mol. The molecule has 320 valence electrons. The molecule has 8 rings (SSSR count). The second-order valence-electron chi connectivity index (χ2n) is 15.1. The molecule has 62 heavy (non-hydrogen) atoms. The number of para-hydroxylation sites is 1. The number of carbonyl (C=O) groups excluding carboxylic acids is 6. The van der Waals surface area contributed by atoms with Gasteiger partial charge in [0.2, 0.25) is 12.4 Å². The standard InChI is InChI=1S/C45H42N4O13/c1-22(50)57-21-39-40(58-23(2)51)41(59-24(3)52)42(60-25(4)53)45(62-39)61-38-19-37-32(30-10-6-7-11-31(30)38)18-29(54)20-49(37)44(56)36-17-27-15-28(13-14-34(27)48-36)46-43(55)35-16-26-9-5-8-12-33(26)47-35/h5-17,19,29,39-42,45,47-48,54H,18,20-21H2,1-4H3,(H,46,55)/t29?,39?,40-,41-,42?,45+/m0/s1. The summed E-state index contributed by atoms with van der Waals surface area (Å²) in [5.41, 5.74) is 3.62. The Morgan fingerprint density at radius 3 is 2.10 bits per heavy atom. The molecule has 0 aliphatic carbocycles. The summed E-state index contributed by atoms with van der Waals surface area (Å²) in [5.74, 6) is -3.70. The number of H-pyrrole nitrogens is 2. The van der Waals surface area contributed by atoms with Crippen molar-refractivity contribution in [1.82, 2.24) is 9.97 Å². The highest BCUT2D eigenvalue weighted by Crippen LogP contribution is 2.42. The van der Waals surface area contributed by atoms with Crippen LogP contribution in [0, 0.1) is 0 Å². The van der Waals surface area contributed by atoms with Gasteiger partial charge in [-0.25, -0.2) is 0 Å². The summed E-state index contributed by atoms with van der Waals surface area (Å²) in [4.78, 5) is 84.5. The van der Waals surface area contributed by atoms with Gasteiger partial charge in [0.1, 0.15) is 29.8 Å². The Labute approximate surface area is 353 Å². The molecule has 6 atom stereocenters. The first-order valence-electron chi connectivity index (χ1n) is 19.8. The van der Waals surface area contributed by atoms with E-state index < -0.39 is 73.2 Å². The zero-order chi connectivity index (χ0) is 43.8. The van der Waals surface area contributed by atoms with Crippen molar-refractivity contribution in [2.45, 2.75) is 70.9 Å². The zero-order valence-electron chi connectivity index (χ0n) is 34.0. The number of benzene rings is 4. The number of hydrogen-bond acceptors (Lipinski definition) is 13. The van der Waals surface area contributed by atoms with E-state index in [1.54, 1.807) is 54.6 Å². The van der Waals surface area contributed by atoms with Gasteiger partial charge in [0.15, 0.2) is 12.2 Å².